The number of nitrogens with one attached hydrogen (secondary N) is 2. The second-order valence-electron chi connectivity index (χ2n) is 3.50. The van der Waals surface area contributed by atoms with E-state index in [0.29, 0.717) is 0 Å². The lowest BCUT2D eigenvalue weighted by molar-refractivity contribution is 0.588. The van der Waals surface area contributed by atoms with E-state index in [4.69, 9.17) is 6.42 Å². The van der Waals surface area contributed by atoms with Crippen LogP contribution in [0.25, 0.3) is 0 Å². The molecule has 2 N–H and O–H groups in total. The summed E-state index contributed by atoms with van der Waals surface area (Å²) < 4.78 is 25.2. The molecule has 4 nitrogen and oxygen atoms in total. The van der Waals surface area contributed by atoms with Gasteiger partial charge in [0.15, 0.2) is 0 Å². The monoisotopic (exact) mass is 252 g/mol. The van der Waals surface area contributed by atoms with Crippen LogP contribution in [-0.2, 0) is 10.0 Å². The Bertz CT molecular complexity index is 500. The van der Waals surface area contributed by atoms with E-state index in [-0.39, 0.29) is 10.9 Å². The highest BCUT2D eigenvalue weighted by molar-refractivity contribution is 7.89. The molecule has 1 rings (SSSR count). The first kappa shape index (κ1) is 13.6. The highest BCUT2D eigenvalue weighted by Crippen LogP contribution is 2.14. The Hall–Kier alpha value is -1.51. The number of hydrogen-bond acceptors (Lipinski definition) is 3. The second kappa shape index (κ2) is 5.71. The van der Waals surface area contributed by atoms with Crippen LogP contribution < -0.4 is 10.0 Å². The minimum atomic E-state index is -3.37. The lowest BCUT2D eigenvalue weighted by atomic mass is 10.2. The fourth-order valence-corrected chi connectivity index (χ4v) is 2.04. The predicted octanol–water partition coefficient (Wildman–Crippen LogP) is 1.42. The number of anilines is 1. The van der Waals surface area contributed by atoms with Gasteiger partial charge >= 0.3 is 0 Å². The van der Waals surface area contributed by atoms with Gasteiger partial charge in [0.05, 0.1) is 10.9 Å². The van der Waals surface area contributed by atoms with Gasteiger partial charge < -0.3 is 5.32 Å². The molecule has 0 spiro atoms. The standard InChI is InChI=1S/C12H16N2O2S/c1-4-10(5-2)14-11-6-8-12(9-7-11)17(15,16)13-3/h1,6-10,13-14H,5H2,2-3H3. The second-order valence-corrected chi connectivity index (χ2v) is 5.39. The molecule has 0 fully saturated rings. The minimum absolute atomic E-state index is 0.0400. The van der Waals surface area contributed by atoms with Gasteiger partial charge in [-0.15, -0.1) is 6.42 Å². The lowest BCUT2D eigenvalue weighted by Gasteiger charge is -2.12. The summed E-state index contributed by atoms with van der Waals surface area (Å²) in [6.45, 7) is 1.98. The maximum atomic E-state index is 11.5. The first-order valence-electron chi connectivity index (χ1n) is 5.29. The Labute approximate surface area is 102 Å². The summed E-state index contributed by atoms with van der Waals surface area (Å²) in [7, 11) is -1.99. The van der Waals surface area contributed by atoms with E-state index < -0.39 is 10.0 Å². The van der Waals surface area contributed by atoms with E-state index >= 15 is 0 Å². The van der Waals surface area contributed by atoms with Crippen LogP contribution >= 0.6 is 0 Å². The Kier molecular flexibility index (Phi) is 4.55. The summed E-state index contributed by atoms with van der Waals surface area (Å²) >= 11 is 0. The molecule has 0 aliphatic heterocycles. The van der Waals surface area contributed by atoms with E-state index in [1.165, 1.54) is 19.2 Å². The number of terminal acetylenes is 1. The Morgan fingerprint density at radius 2 is 1.94 bits per heavy atom. The fraction of sp³-hybridized carbons (Fsp3) is 0.333. The molecule has 0 aliphatic carbocycles. The molecular weight excluding hydrogens is 236 g/mol. The average molecular weight is 252 g/mol. The maximum Gasteiger partial charge on any atom is 0.240 e. The van der Waals surface area contributed by atoms with Crippen LogP contribution in [0.3, 0.4) is 0 Å². The topological polar surface area (TPSA) is 58.2 Å². The van der Waals surface area contributed by atoms with Gasteiger partial charge in [-0.25, -0.2) is 13.1 Å². The molecule has 0 heterocycles. The van der Waals surface area contributed by atoms with Crippen LogP contribution in [0.15, 0.2) is 29.2 Å². The largest absolute Gasteiger partial charge is 0.372 e. The molecule has 5 heteroatoms. The van der Waals surface area contributed by atoms with Crippen molar-refractivity contribution in [3.63, 3.8) is 0 Å². The van der Waals surface area contributed by atoms with E-state index in [9.17, 15) is 8.42 Å². The predicted molar refractivity (Wildman–Crippen MR) is 69.2 cm³/mol. The van der Waals surface area contributed by atoms with Gasteiger partial charge in [-0.3, -0.25) is 0 Å². The Balaban J connectivity index is 2.86. The zero-order valence-corrected chi connectivity index (χ0v) is 10.7. The van der Waals surface area contributed by atoms with Crippen LogP contribution in [0.4, 0.5) is 5.69 Å². The van der Waals surface area contributed by atoms with Crippen molar-refractivity contribution in [3.05, 3.63) is 24.3 Å². The summed E-state index contributed by atoms with van der Waals surface area (Å²) in [5.74, 6) is 2.61. The number of rotatable bonds is 5. The highest BCUT2D eigenvalue weighted by atomic mass is 32.2. The number of benzene rings is 1. The fourth-order valence-electron chi connectivity index (χ4n) is 1.31. The molecule has 17 heavy (non-hydrogen) atoms. The Morgan fingerprint density at radius 3 is 2.35 bits per heavy atom. The number of hydrogen-bond donors (Lipinski definition) is 2. The summed E-state index contributed by atoms with van der Waals surface area (Å²) in [6.07, 6.45) is 6.15. The van der Waals surface area contributed by atoms with Gasteiger partial charge in [0.2, 0.25) is 10.0 Å². The molecule has 1 unspecified atom stereocenters. The third-order valence-corrected chi connectivity index (χ3v) is 3.81. The van der Waals surface area contributed by atoms with Gasteiger partial charge in [-0.2, -0.15) is 0 Å². The van der Waals surface area contributed by atoms with E-state index in [0.717, 1.165) is 12.1 Å². The zero-order valence-electron chi connectivity index (χ0n) is 9.90. The molecule has 1 atom stereocenters. The molecule has 0 saturated carbocycles. The van der Waals surface area contributed by atoms with Gasteiger partial charge in [-0.1, -0.05) is 12.8 Å². The number of sulfonamides is 1. The van der Waals surface area contributed by atoms with Crippen LogP contribution in [-0.4, -0.2) is 21.5 Å². The maximum absolute atomic E-state index is 11.5. The molecule has 0 aromatic heterocycles. The molecular formula is C12H16N2O2S. The molecule has 0 saturated heterocycles. The highest BCUT2D eigenvalue weighted by Gasteiger charge is 2.10. The molecule has 0 aliphatic rings. The SMILES string of the molecule is C#CC(CC)Nc1ccc(S(=O)(=O)NC)cc1. The third-order valence-electron chi connectivity index (χ3n) is 2.38. The summed E-state index contributed by atoms with van der Waals surface area (Å²) in [5.41, 5.74) is 0.810. The first-order valence-corrected chi connectivity index (χ1v) is 6.78. The molecule has 0 amide bonds. The van der Waals surface area contributed by atoms with Crippen molar-refractivity contribution >= 4 is 15.7 Å². The Morgan fingerprint density at radius 1 is 1.35 bits per heavy atom. The molecule has 1 aromatic rings. The van der Waals surface area contributed by atoms with Crippen molar-refractivity contribution in [1.82, 2.24) is 4.72 Å². The van der Waals surface area contributed by atoms with E-state index in [1.54, 1.807) is 12.1 Å². The van der Waals surface area contributed by atoms with Crippen molar-refractivity contribution < 1.29 is 8.42 Å². The summed E-state index contributed by atoms with van der Waals surface area (Å²) in [6, 6.07) is 6.44. The van der Waals surface area contributed by atoms with Crippen molar-refractivity contribution in [2.75, 3.05) is 12.4 Å². The van der Waals surface area contributed by atoms with Crippen LogP contribution in [0.5, 0.6) is 0 Å². The van der Waals surface area contributed by atoms with E-state index in [1.807, 2.05) is 6.92 Å². The van der Waals surface area contributed by atoms with E-state index in [2.05, 4.69) is 16.0 Å². The lowest BCUT2D eigenvalue weighted by Crippen LogP contribution is -2.19. The van der Waals surface area contributed by atoms with Crippen molar-refractivity contribution in [2.24, 2.45) is 0 Å². The molecule has 92 valence electrons. The van der Waals surface area contributed by atoms with Crippen molar-refractivity contribution in [3.8, 4) is 12.3 Å². The van der Waals surface area contributed by atoms with Crippen LogP contribution in [0, 0.1) is 12.3 Å². The first-order chi connectivity index (χ1) is 8.03. The molecule has 1 aromatic carbocycles. The van der Waals surface area contributed by atoms with Gasteiger partial charge in [-0.05, 0) is 37.7 Å². The van der Waals surface area contributed by atoms with Gasteiger partial charge in [0, 0.05) is 5.69 Å². The van der Waals surface area contributed by atoms with Crippen molar-refractivity contribution in [1.29, 1.82) is 0 Å². The summed E-state index contributed by atoms with van der Waals surface area (Å²) in [4.78, 5) is 0.235. The smallest absolute Gasteiger partial charge is 0.240 e. The molecule has 0 radical (unpaired) electrons. The minimum Gasteiger partial charge on any atom is -0.372 e. The third kappa shape index (κ3) is 3.48. The average Bonchev–Trinajstić information content (AvgIpc) is 2.36. The summed E-state index contributed by atoms with van der Waals surface area (Å²) in [5, 5.41) is 3.12. The van der Waals surface area contributed by atoms with Crippen LogP contribution in [0.1, 0.15) is 13.3 Å². The normalized spacial score (nSPS) is 12.8. The van der Waals surface area contributed by atoms with Gasteiger partial charge in [0.25, 0.3) is 0 Å². The quantitative estimate of drug-likeness (QED) is 0.779. The zero-order chi connectivity index (χ0) is 12.9. The van der Waals surface area contributed by atoms with Gasteiger partial charge in [0.1, 0.15) is 0 Å². The molecule has 0 bridgehead atoms. The van der Waals surface area contributed by atoms with Crippen LogP contribution in [0.2, 0.25) is 0 Å². The van der Waals surface area contributed by atoms with Crippen molar-refractivity contribution in [2.45, 2.75) is 24.3 Å².